The molecular formula is C23H21F3N2O. The van der Waals surface area contributed by atoms with E-state index < -0.39 is 17.3 Å². The molecule has 2 bridgehead atoms. The highest BCUT2D eigenvalue weighted by Gasteiger charge is 2.43. The summed E-state index contributed by atoms with van der Waals surface area (Å²) in [5, 5.41) is 8.95. The van der Waals surface area contributed by atoms with Crippen LogP contribution in [0.1, 0.15) is 52.7 Å². The second kappa shape index (κ2) is 7.64. The zero-order chi connectivity index (χ0) is 20.6. The minimum absolute atomic E-state index is 0.0530. The summed E-state index contributed by atoms with van der Waals surface area (Å²) in [6.07, 6.45) is -1.28. The lowest BCUT2D eigenvalue weighted by Gasteiger charge is -2.38. The normalized spacial score (nSPS) is 24.3. The van der Waals surface area contributed by atoms with Crippen LogP contribution >= 0.6 is 0 Å². The summed E-state index contributed by atoms with van der Waals surface area (Å²) in [6.45, 7) is 0.839. The first kappa shape index (κ1) is 19.7. The number of hydrogen-bond donors (Lipinski definition) is 0. The number of ketones is 1. The van der Waals surface area contributed by atoms with E-state index in [0.29, 0.717) is 12.8 Å². The Morgan fingerprint density at radius 3 is 2.31 bits per heavy atom. The van der Waals surface area contributed by atoms with Crippen molar-refractivity contribution in [2.75, 3.05) is 0 Å². The first-order chi connectivity index (χ1) is 13.9. The van der Waals surface area contributed by atoms with Crippen LogP contribution in [0, 0.1) is 17.2 Å². The number of rotatable bonds is 4. The molecule has 2 atom stereocenters. The fourth-order valence-electron chi connectivity index (χ4n) is 4.81. The van der Waals surface area contributed by atoms with Crippen molar-refractivity contribution >= 4 is 5.78 Å². The number of alkyl halides is 3. The van der Waals surface area contributed by atoms with Gasteiger partial charge < -0.3 is 0 Å². The quantitative estimate of drug-likeness (QED) is 0.665. The molecule has 3 nitrogen and oxygen atoms in total. The largest absolute Gasteiger partial charge is 0.417 e. The van der Waals surface area contributed by atoms with Crippen molar-refractivity contribution in [2.45, 2.75) is 50.5 Å². The smallest absolute Gasteiger partial charge is 0.294 e. The molecule has 2 saturated heterocycles. The predicted molar refractivity (Wildman–Crippen MR) is 102 cm³/mol. The Balaban J connectivity index is 1.51. The van der Waals surface area contributed by atoms with Crippen LogP contribution in [0.3, 0.4) is 0 Å². The number of halogens is 3. The molecule has 0 N–H and O–H groups in total. The molecule has 29 heavy (non-hydrogen) atoms. The standard InChI is InChI=1S/C23H21F3N2O/c24-23(25,26)21-12-16(6-7-17(21)13-27)22(29)18-10-19-8-9-20(11-18)28(19)14-15-4-2-1-3-5-15/h1-7,12,18-20H,8-11,14H2. The minimum atomic E-state index is -4.65. The van der Waals surface area contributed by atoms with Crippen molar-refractivity contribution in [3.8, 4) is 6.07 Å². The van der Waals surface area contributed by atoms with Crippen LogP contribution < -0.4 is 0 Å². The molecule has 0 radical (unpaired) electrons. The lowest BCUT2D eigenvalue weighted by atomic mass is 9.84. The summed E-state index contributed by atoms with van der Waals surface area (Å²) in [5.74, 6) is -0.509. The number of hydrogen-bond acceptors (Lipinski definition) is 3. The monoisotopic (exact) mass is 398 g/mol. The van der Waals surface area contributed by atoms with Crippen molar-refractivity contribution in [2.24, 2.45) is 5.92 Å². The first-order valence-corrected chi connectivity index (χ1v) is 9.82. The summed E-state index contributed by atoms with van der Waals surface area (Å²) < 4.78 is 39.7. The van der Waals surface area contributed by atoms with Gasteiger partial charge in [-0.2, -0.15) is 18.4 Å². The highest BCUT2D eigenvalue weighted by molar-refractivity contribution is 5.98. The van der Waals surface area contributed by atoms with Crippen molar-refractivity contribution in [1.29, 1.82) is 5.26 Å². The molecule has 2 aromatic rings. The van der Waals surface area contributed by atoms with Crippen molar-refractivity contribution in [3.63, 3.8) is 0 Å². The van der Waals surface area contributed by atoms with Crippen LogP contribution in [0.2, 0.25) is 0 Å². The maximum absolute atomic E-state index is 13.2. The molecule has 0 aliphatic carbocycles. The minimum Gasteiger partial charge on any atom is -0.294 e. The number of carbonyl (C=O) groups excluding carboxylic acids is 1. The van der Waals surface area contributed by atoms with Crippen LogP contribution in [0.15, 0.2) is 48.5 Å². The fourth-order valence-corrected chi connectivity index (χ4v) is 4.81. The second-order valence-corrected chi connectivity index (χ2v) is 7.95. The average molecular weight is 398 g/mol. The molecule has 2 aromatic carbocycles. The van der Waals surface area contributed by atoms with E-state index in [4.69, 9.17) is 5.26 Å². The van der Waals surface area contributed by atoms with Gasteiger partial charge in [-0.3, -0.25) is 9.69 Å². The number of carbonyl (C=O) groups is 1. The number of nitrogens with zero attached hydrogens (tertiary/aromatic N) is 2. The number of benzene rings is 2. The van der Waals surface area contributed by atoms with Gasteiger partial charge in [-0.05, 0) is 43.4 Å². The predicted octanol–water partition coefficient (Wildman–Crippen LogP) is 5.20. The summed E-state index contributed by atoms with van der Waals surface area (Å²) >= 11 is 0. The highest BCUT2D eigenvalue weighted by Crippen LogP contribution is 2.41. The molecule has 2 aliphatic heterocycles. The molecule has 2 unspecified atom stereocenters. The van der Waals surface area contributed by atoms with Gasteiger partial charge in [0.1, 0.15) is 0 Å². The van der Waals surface area contributed by atoms with Crippen LogP contribution in [-0.2, 0) is 12.7 Å². The molecule has 0 aromatic heterocycles. The molecule has 2 fully saturated rings. The molecule has 0 spiro atoms. The number of fused-ring (bicyclic) bond motifs is 2. The van der Waals surface area contributed by atoms with Crippen LogP contribution in [0.5, 0.6) is 0 Å². The molecular weight excluding hydrogens is 377 g/mol. The third-order valence-electron chi connectivity index (χ3n) is 6.19. The van der Waals surface area contributed by atoms with E-state index in [1.54, 1.807) is 6.07 Å². The Labute approximate surface area is 167 Å². The van der Waals surface area contributed by atoms with E-state index in [9.17, 15) is 18.0 Å². The van der Waals surface area contributed by atoms with Gasteiger partial charge in [-0.15, -0.1) is 0 Å². The topological polar surface area (TPSA) is 44.1 Å². The highest BCUT2D eigenvalue weighted by atomic mass is 19.4. The Kier molecular flexibility index (Phi) is 5.18. The van der Waals surface area contributed by atoms with Crippen molar-refractivity contribution in [1.82, 2.24) is 4.90 Å². The van der Waals surface area contributed by atoms with Gasteiger partial charge in [0, 0.05) is 30.1 Å². The van der Waals surface area contributed by atoms with Crippen LogP contribution in [0.25, 0.3) is 0 Å². The molecule has 0 saturated carbocycles. The Hall–Kier alpha value is -2.65. The van der Waals surface area contributed by atoms with Crippen LogP contribution in [-0.4, -0.2) is 22.8 Å². The molecule has 0 amide bonds. The molecule has 2 aliphatic rings. The zero-order valence-corrected chi connectivity index (χ0v) is 15.8. The summed E-state index contributed by atoms with van der Waals surface area (Å²) in [7, 11) is 0. The lowest BCUT2D eigenvalue weighted by molar-refractivity contribution is -0.137. The number of nitriles is 1. The van der Waals surface area contributed by atoms with Gasteiger partial charge in [-0.1, -0.05) is 36.4 Å². The third-order valence-corrected chi connectivity index (χ3v) is 6.19. The Morgan fingerprint density at radius 1 is 1.07 bits per heavy atom. The third kappa shape index (κ3) is 3.92. The summed E-state index contributed by atoms with van der Waals surface area (Å²) in [4.78, 5) is 15.4. The fraction of sp³-hybridized carbons (Fsp3) is 0.391. The maximum Gasteiger partial charge on any atom is 0.417 e. The van der Waals surface area contributed by atoms with E-state index in [2.05, 4.69) is 17.0 Å². The molecule has 150 valence electrons. The van der Waals surface area contributed by atoms with Crippen molar-refractivity contribution < 1.29 is 18.0 Å². The number of piperidine rings is 1. The van der Waals surface area contributed by atoms with E-state index in [0.717, 1.165) is 31.5 Å². The molecule has 6 heteroatoms. The van der Waals surface area contributed by atoms with E-state index >= 15 is 0 Å². The SMILES string of the molecule is N#Cc1ccc(C(=O)C2CC3CCC(C2)N3Cc2ccccc2)cc1C(F)(F)F. The van der Waals surface area contributed by atoms with Gasteiger partial charge in [0.25, 0.3) is 0 Å². The van der Waals surface area contributed by atoms with Gasteiger partial charge in [0.15, 0.2) is 5.78 Å². The van der Waals surface area contributed by atoms with E-state index in [-0.39, 0.29) is 29.3 Å². The Morgan fingerprint density at radius 2 is 1.72 bits per heavy atom. The van der Waals surface area contributed by atoms with Gasteiger partial charge in [0.05, 0.1) is 17.2 Å². The van der Waals surface area contributed by atoms with Gasteiger partial charge in [-0.25, -0.2) is 0 Å². The second-order valence-electron chi connectivity index (χ2n) is 7.95. The summed E-state index contributed by atoms with van der Waals surface area (Å²) in [6, 6.07) is 15.6. The van der Waals surface area contributed by atoms with Gasteiger partial charge >= 0.3 is 6.18 Å². The van der Waals surface area contributed by atoms with E-state index in [1.807, 2.05) is 18.2 Å². The summed E-state index contributed by atoms with van der Waals surface area (Å²) in [5.41, 5.74) is -0.199. The number of Topliss-reactive ketones (excluding diaryl/α,β-unsaturated/α-hetero) is 1. The lowest BCUT2D eigenvalue weighted by Crippen LogP contribution is -2.44. The Bertz CT molecular complexity index is 935. The van der Waals surface area contributed by atoms with E-state index in [1.165, 1.54) is 11.6 Å². The zero-order valence-electron chi connectivity index (χ0n) is 15.8. The molecule has 4 rings (SSSR count). The average Bonchev–Trinajstić information content (AvgIpc) is 2.94. The van der Waals surface area contributed by atoms with Crippen LogP contribution in [0.4, 0.5) is 13.2 Å². The first-order valence-electron chi connectivity index (χ1n) is 9.82. The van der Waals surface area contributed by atoms with Gasteiger partial charge in [0.2, 0.25) is 0 Å². The maximum atomic E-state index is 13.2. The molecule has 2 heterocycles. The van der Waals surface area contributed by atoms with Crippen molar-refractivity contribution in [3.05, 3.63) is 70.8 Å².